The van der Waals surface area contributed by atoms with Crippen molar-refractivity contribution in [2.75, 3.05) is 20.2 Å². The summed E-state index contributed by atoms with van der Waals surface area (Å²) in [5.74, 6) is -0.428. The Kier molecular flexibility index (Phi) is 4.35. The molecule has 2 rings (SSSR count). The Morgan fingerprint density at radius 3 is 2.33 bits per heavy atom. The molecule has 0 N–H and O–H groups in total. The highest BCUT2D eigenvalue weighted by atomic mass is 16.5. The second-order valence-corrected chi connectivity index (χ2v) is 6.59. The molecule has 1 aliphatic rings. The van der Waals surface area contributed by atoms with Crippen molar-refractivity contribution in [1.82, 2.24) is 4.90 Å². The summed E-state index contributed by atoms with van der Waals surface area (Å²) in [6, 6.07) is 7.74. The molecule has 1 saturated heterocycles. The highest BCUT2D eigenvalue weighted by Crippen LogP contribution is 2.24. The van der Waals surface area contributed by atoms with E-state index in [1.165, 1.54) is 12.7 Å². The third-order valence-corrected chi connectivity index (χ3v) is 4.01. The third-order valence-electron chi connectivity index (χ3n) is 4.01. The van der Waals surface area contributed by atoms with Gasteiger partial charge in [0.05, 0.1) is 13.0 Å². The lowest BCUT2D eigenvalue weighted by Gasteiger charge is -2.20. The lowest BCUT2D eigenvalue weighted by Crippen LogP contribution is -2.30. The highest BCUT2D eigenvalue weighted by Gasteiger charge is 2.32. The normalized spacial score (nSPS) is 18.7. The molecule has 1 fully saturated rings. The molecule has 0 saturated carbocycles. The minimum Gasteiger partial charge on any atom is -0.469 e. The van der Waals surface area contributed by atoms with Crippen molar-refractivity contribution in [1.29, 1.82) is 0 Å². The largest absolute Gasteiger partial charge is 0.469 e. The summed E-state index contributed by atoms with van der Waals surface area (Å²) in [5.41, 5.74) is 1.95. The van der Waals surface area contributed by atoms with Crippen molar-refractivity contribution in [3.05, 3.63) is 35.4 Å². The molecule has 1 aromatic rings. The van der Waals surface area contributed by atoms with Crippen LogP contribution in [0.4, 0.5) is 0 Å². The van der Waals surface area contributed by atoms with Crippen LogP contribution in [0.15, 0.2) is 24.3 Å². The SMILES string of the molecule is COC(=O)C1CCN(C(=O)c2ccc(C(C)(C)C)cc2)C1. The van der Waals surface area contributed by atoms with Crippen LogP contribution in [0.25, 0.3) is 0 Å². The van der Waals surface area contributed by atoms with Gasteiger partial charge in [-0.25, -0.2) is 0 Å². The number of ether oxygens (including phenoxy) is 1. The standard InChI is InChI=1S/C17H23NO3/c1-17(2,3)14-7-5-12(6-8-14)15(19)18-10-9-13(11-18)16(20)21-4/h5-8,13H,9-11H2,1-4H3. The van der Waals surface area contributed by atoms with E-state index in [9.17, 15) is 9.59 Å². The molecule has 0 spiro atoms. The van der Waals surface area contributed by atoms with Crippen molar-refractivity contribution in [2.45, 2.75) is 32.6 Å². The summed E-state index contributed by atoms with van der Waals surface area (Å²) in [6.45, 7) is 7.49. The fourth-order valence-corrected chi connectivity index (χ4v) is 2.60. The third kappa shape index (κ3) is 3.43. The number of esters is 1. The molecule has 1 heterocycles. The van der Waals surface area contributed by atoms with Gasteiger partial charge in [0.2, 0.25) is 0 Å². The molecule has 0 aromatic heterocycles. The first kappa shape index (κ1) is 15.5. The first-order chi connectivity index (χ1) is 9.82. The van der Waals surface area contributed by atoms with Crippen LogP contribution >= 0.6 is 0 Å². The first-order valence-electron chi connectivity index (χ1n) is 7.30. The average molecular weight is 289 g/mol. The number of hydrogen-bond donors (Lipinski definition) is 0. The predicted molar refractivity (Wildman–Crippen MR) is 81.2 cm³/mol. The maximum absolute atomic E-state index is 12.4. The van der Waals surface area contributed by atoms with Gasteiger partial charge in [-0.3, -0.25) is 9.59 Å². The molecule has 21 heavy (non-hydrogen) atoms. The lowest BCUT2D eigenvalue weighted by molar-refractivity contribution is -0.144. The monoisotopic (exact) mass is 289 g/mol. The molecular weight excluding hydrogens is 266 g/mol. The molecule has 0 bridgehead atoms. The number of carbonyl (C=O) groups excluding carboxylic acids is 2. The van der Waals surface area contributed by atoms with E-state index in [0.29, 0.717) is 25.1 Å². The topological polar surface area (TPSA) is 46.6 Å². The van der Waals surface area contributed by atoms with Gasteiger partial charge in [-0.2, -0.15) is 0 Å². The van der Waals surface area contributed by atoms with Gasteiger partial charge in [-0.05, 0) is 29.5 Å². The summed E-state index contributed by atoms with van der Waals surface area (Å²) in [6.07, 6.45) is 0.679. The summed E-state index contributed by atoms with van der Waals surface area (Å²) >= 11 is 0. The van der Waals surface area contributed by atoms with Gasteiger partial charge in [-0.1, -0.05) is 32.9 Å². The lowest BCUT2D eigenvalue weighted by atomic mass is 9.86. The van der Waals surface area contributed by atoms with Crippen molar-refractivity contribution in [2.24, 2.45) is 5.92 Å². The summed E-state index contributed by atoms with van der Waals surface area (Å²) in [5, 5.41) is 0. The van der Waals surface area contributed by atoms with Gasteiger partial charge in [0.15, 0.2) is 0 Å². The minimum absolute atomic E-state index is 0.0122. The van der Waals surface area contributed by atoms with Gasteiger partial charge in [0, 0.05) is 18.7 Å². The van der Waals surface area contributed by atoms with Gasteiger partial charge in [0.1, 0.15) is 0 Å². The number of nitrogens with zero attached hydrogens (tertiary/aromatic N) is 1. The van der Waals surface area contributed by atoms with Crippen LogP contribution in [0, 0.1) is 5.92 Å². The van der Waals surface area contributed by atoms with E-state index in [-0.39, 0.29) is 23.2 Å². The van der Waals surface area contributed by atoms with Gasteiger partial charge in [0.25, 0.3) is 5.91 Å². The molecule has 1 aromatic carbocycles. The Morgan fingerprint density at radius 1 is 1.19 bits per heavy atom. The molecule has 114 valence electrons. The molecular formula is C17H23NO3. The van der Waals surface area contributed by atoms with Crippen LogP contribution in [0.3, 0.4) is 0 Å². The molecule has 1 atom stereocenters. The number of likely N-dealkylation sites (tertiary alicyclic amines) is 1. The van der Waals surface area contributed by atoms with Gasteiger partial charge < -0.3 is 9.64 Å². The van der Waals surface area contributed by atoms with Crippen LogP contribution in [-0.4, -0.2) is 37.0 Å². The van der Waals surface area contributed by atoms with Crippen LogP contribution in [0.5, 0.6) is 0 Å². The van der Waals surface area contributed by atoms with Gasteiger partial charge in [-0.15, -0.1) is 0 Å². The van der Waals surface area contributed by atoms with Crippen molar-refractivity contribution < 1.29 is 14.3 Å². The van der Waals surface area contributed by atoms with E-state index in [4.69, 9.17) is 4.74 Å². The zero-order chi connectivity index (χ0) is 15.6. The van der Waals surface area contributed by atoms with Crippen molar-refractivity contribution >= 4 is 11.9 Å². The number of carbonyl (C=O) groups is 2. The number of amides is 1. The number of rotatable bonds is 2. The molecule has 0 radical (unpaired) electrons. The fourth-order valence-electron chi connectivity index (χ4n) is 2.60. The molecule has 4 nitrogen and oxygen atoms in total. The zero-order valence-corrected chi connectivity index (χ0v) is 13.2. The molecule has 1 amide bonds. The first-order valence-corrected chi connectivity index (χ1v) is 7.30. The highest BCUT2D eigenvalue weighted by molar-refractivity contribution is 5.94. The van der Waals surface area contributed by atoms with Crippen LogP contribution in [0.2, 0.25) is 0 Å². The zero-order valence-electron chi connectivity index (χ0n) is 13.2. The van der Waals surface area contributed by atoms with Gasteiger partial charge >= 0.3 is 5.97 Å². The number of benzene rings is 1. The Morgan fingerprint density at radius 2 is 1.81 bits per heavy atom. The molecule has 0 aliphatic carbocycles. The Balaban J connectivity index is 2.06. The molecule has 4 heteroatoms. The molecule has 1 aliphatic heterocycles. The molecule has 1 unspecified atom stereocenters. The second kappa shape index (κ2) is 5.88. The van der Waals surface area contributed by atoms with Crippen molar-refractivity contribution in [3.8, 4) is 0 Å². The maximum atomic E-state index is 12.4. The number of hydrogen-bond acceptors (Lipinski definition) is 3. The van der Waals surface area contributed by atoms with E-state index >= 15 is 0 Å². The van der Waals surface area contributed by atoms with E-state index in [1.807, 2.05) is 24.3 Å². The Bertz CT molecular complexity index is 528. The smallest absolute Gasteiger partial charge is 0.310 e. The summed E-state index contributed by atoms with van der Waals surface area (Å²) < 4.78 is 4.74. The number of methoxy groups -OCH3 is 1. The van der Waals surface area contributed by atoms with Crippen molar-refractivity contribution in [3.63, 3.8) is 0 Å². The summed E-state index contributed by atoms with van der Waals surface area (Å²) in [4.78, 5) is 25.7. The van der Waals surface area contributed by atoms with E-state index in [0.717, 1.165) is 0 Å². The minimum atomic E-state index is -0.228. The fraction of sp³-hybridized carbons (Fsp3) is 0.529. The average Bonchev–Trinajstić information content (AvgIpc) is 2.94. The van der Waals surface area contributed by atoms with E-state index < -0.39 is 0 Å². The summed E-state index contributed by atoms with van der Waals surface area (Å²) in [7, 11) is 1.39. The Hall–Kier alpha value is -1.84. The quantitative estimate of drug-likeness (QED) is 0.786. The van der Waals surface area contributed by atoms with E-state index in [2.05, 4.69) is 20.8 Å². The maximum Gasteiger partial charge on any atom is 0.310 e. The second-order valence-electron chi connectivity index (χ2n) is 6.59. The van der Waals surface area contributed by atoms with Crippen LogP contribution in [0.1, 0.15) is 43.1 Å². The Labute approximate surface area is 126 Å². The van der Waals surface area contributed by atoms with Crippen LogP contribution in [-0.2, 0) is 14.9 Å². The predicted octanol–water partition coefficient (Wildman–Crippen LogP) is 2.62. The van der Waals surface area contributed by atoms with E-state index in [1.54, 1.807) is 4.90 Å². The van der Waals surface area contributed by atoms with Crippen LogP contribution < -0.4 is 0 Å².